The molecule has 0 saturated carbocycles. The summed E-state index contributed by atoms with van der Waals surface area (Å²) in [7, 11) is 0. The number of carbonyl (C=O) groups is 5. The second-order valence-corrected chi connectivity index (χ2v) is 10.2. The zero-order valence-corrected chi connectivity index (χ0v) is 23.2. The number of hydrogen-bond acceptors (Lipinski definition) is 9. The Labute approximate surface area is 228 Å². The molecule has 5 atom stereocenters. The van der Waals surface area contributed by atoms with E-state index in [4.69, 9.17) is 14.2 Å². The molecule has 2 amide bonds. The summed E-state index contributed by atoms with van der Waals surface area (Å²) in [6.45, 7) is 8.77. The molecular formula is C28H40N2O9. The zero-order chi connectivity index (χ0) is 29.1. The first-order valence-electron chi connectivity index (χ1n) is 13.4. The Hall–Kier alpha value is -3.63. The number of para-hydroxylation sites is 1. The first-order valence-corrected chi connectivity index (χ1v) is 13.4. The Kier molecular flexibility index (Phi) is 12.2. The van der Waals surface area contributed by atoms with E-state index in [2.05, 4.69) is 17.6 Å². The average Bonchev–Trinajstić information content (AvgIpc) is 2.88. The number of benzene rings is 1. The quantitative estimate of drug-likeness (QED) is 0.117. The van der Waals surface area contributed by atoms with Crippen LogP contribution in [0.3, 0.4) is 0 Å². The summed E-state index contributed by atoms with van der Waals surface area (Å²) in [4.78, 5) is 62.9. The third-order valence-electron chi connectivity index (χ3n) is 6.48. The molecule has 0 bridgehead atoms. The summed E-state index contributed by atoms with van der Waals surface area (Å²) in [5.74, 6) is -4.26. The highest BCUT2D eigenvalue weighted by Gasteiger charge is 2.44. The average molecular weight is 549 g/mol. The van der Waals surface area contributed by atoms with Crippen LogP contribution in [0, 0.1) is 11.8 Å². The normalized spacial score (nSPS) is 23.5. The first-order chi connectivity index (χ1) is 18.5. The van der Waals surface area contributed by atoms with Crippen molar-refractivity contribution >= 4 is 35.9 Å². The largest absolute Gasteiger partial charge is 0.505 e. The number of cyclic esters (lactones) is 2. The molecule has 0 spiro atoms. The molecule has 39 heavy (non-hydrogen) atoms. The number of nitrogens with one attached hydrogen (secondary N) is 2. The summed E-state index contributed by atoms with van der Waals surface area (Å²) >= 11 is 0. The number of rotatable bonds is 12. The van der Waals surface area contributed by atoms with E-state index in [1.165, 1.54) is 32.0 Å². The fourth-order valence-corrected chi connectivity index (χ4v) is 4.40. The van der Waals surface area contributed by atoms with Crippen molar-refractivity contribution in [2.75, 3.05) is 5.32 Å². The first kappa shape index (κ1) is 31.6. The number of carbonyl (C=O) groups excluding carboxylic acids is 5. The van der Waals surface area contributed by atoms with E-state index in [0.29, 0.717) is 19.3 Å². The zero-order valence-electron chi connectivity index (χ0n) is 23.2. The van der Waals surface area contributed by atoms with Gasteiger partial charge in [-0.2, -0.15) is 0 Å². The van der Waals surface area contributed by atoms with Gasteiger partial charge in [-0.15, -0.1) is 0 Å². The van der Waals surface area contributed by atoms with Gasteiger partial charge in [-0.25, -0.2) is 4.79 Å². The number of aromatic hydroxyl groups is 1. The number of unbranched alkanes of at least 4 members (excludes halogenated alkanes) is 3. The van der Waals surface area contributed by atoms with Crippen LogP contribution in [-0.4, -0.2) is 59.7 Å². The minimum atomic E-state index is -1.42. The highest BCUT2D eigenvalue weighted by molar-refractivity contribution is 6.01. The Morgan fingerprint density at radius 3 is 2.41 bits per heavy atom. The fourth-order valence-electron chi connectivity index (χ4n) is 4.40. The third kappa shape index (κ3) is 8.97. The summed E-state index contributed by atoms with van der Waals surface area (Å²) < 4.78 is 16.9. The van der Waals surface area contributed by atoms with Crippen molar-refractivity contribution in [3.05, 3.63) is 23.8 Å². The van der Waals surface area contributed by atoms with Crippen LogP contribution in [0.4, 0.5) is 5.69 Å². The van der Waals surface area contributed by atoms with Crippen LogP contribution in [0.1, 0.15) is 83.5 Å². The van der Waals surface area contributed by atoms with Gasteiger partial charge >= 0.3 is 17.9 Å². The van der Waals surface area contributed by atoms with Gasteiger partial charge in [-0.1, -0.05) is 52.5 Å². The van der Waals surface area contributed by atoms with Gasteiger partial charge in [-0.05, 0) is 38.3 Å². The highest BCUT2D eigenvalue weighted by atomic mass is 16.6. The molecular weight excluding hydrogens is 508 g/mol. The molecule has 1 fully saturated rings. The van der Waals surface area contributed by atoms with E-state index in [1.807, 2.05) is 13.8 Å². The highest BCUT2D eigenvalue weighted by Crippen LogP contribution is 2.29. The molecule has 1 aliphatic rings. The molecule has 0 radical (unpaired) electrons. The lowest BCUT2D eigenvalue weighted by atomic mass is 9.92. The molecule has 11 nitrogen and oxygen atoms in total. The van der Waals surface area contributed by atoms with Crippen molar-refractivity contribution in [2.24, 2.45) is 11.8 Å². The van der Waals surface area contributed by atoms with Crippen molar-refractivity contribution in [3.63, 3.8) is 0 Å². The summed E-state index contributed by atoms with van der Waals surface area (Å²) in [6.07, 6.45) is 1.17. The number of hydrogen-bond donors (Lipinski definition) is 3. The second-order valence-electron chi connectivity index (χ2n) is 10.2. The van der Waals surface area contributed by atoms with Crippen LogP contribution in [-0.2, 0) is 33.4 Å². The maximum absolute atomic E-state index is 13.4. The SMILES string of the molecule is CCCCCC[C@@H]1C(=O)O[C@H](C)[C@H](NC(=O)c2cccc(NC=O)c2O)C(=O)O[C@@H](C)[C@H]1OC(=O)CC(C)C. The molecule has 0 unspecified atom stereocenters. The van der Waals surface area contributed by atoms with E-state index in [0.717, 1.165) is 19.3 Å². The Bertz CT molecular complexity index is 1030. The van der Waals surface area contributed by atoms with E-state index in [1.54, 1.807) is 0 Å². The predicted molar refractivity (Wildman–Crippen MR) is 142 cm³/mol. The van der Waals surface area contributed by atoms with Gasteiger partial charge in [-0.3, -0.25) is 19.2 Å². The molecule has 0 aromatic heterocycles. The predicted octanol–water partition coefficient (Wildman–Crippen LogP) is 3.48. The maximum Gasteiger partial charge on any atom is 0.332 e. The molecule has 0 aliphatic carbocycles. The number of phenols is 1. The molecule has 1 aliphatic heterocycles. The molecule has 216 valence electrons. The summed E-state index contributed by atoms with van der Waals surface area (Å²) in [5.41, 5.74) is -0.213. The van der Waals surface area contributed by atoms with Crippen molar-refractivity contribution in [1.29, 1.82) is 0 Å². The Morgan fingerprint density at radius 2 is 1.77 bits per heavy atom. The Morgan fingerprint density at radius 1 is 1.08 bits per heavy atom. The fraction of sp³-hybridized carbons (Fsp3) is 0.607. The van der Waals surface area contributed by atoms with Crippen LogP contribution in [0.25, 0.3) is 0 Å². The molecule has 2 rings (SSSR count). The van der Waals surface area contributed by atoms with Crippen LogP contribution in [0.5, 0.6) is 5.75 Å². The van der Waals surface area contributed by atoms with Crippen molar-refractivity contribution in [3.8, 4) is 5.75 Å². The second kappa shape index (κ2) is 15.1. The van der Waals surface area contributed by atoms with E-state index >= 15 is 0 Å². The molecule has 1 saturated heterocycles. The number of esters is 3. The lowest BCUT2D eigenvalue weighted by Crippen LogP contribution is -2.50. The minimum Gasteiger partial charge on any atom is -0.505 e. The number of ether oxygens (including phenoxy) is 3. The standard InChI is InChI=1S/C28H40N2O9/c1-6-7-8-9-11-20-25(39-22(32)14-16(2)3)18(5)38-28(36)23(17(4)37-27(20)35)30-26(34)19-12-10-13-21(24(19)33)29-15-31/h10,12-13,15-18,20,23,25,33H,6-9,11,14H2,1-5H3,(H,29,31)(H,30,34)/t17-,18+,20+,23+,25-/m1/s1. The molecule has 3 N–H and O–H groups in total. The lowest BCUT2D eigenvalue weighted by molar-refractivity contribution is -0.175. The van der Waals surface area contributed by atoms with Crippen molar-refractivity contribution < 1.29 is 43.3 Å². The smallest absolute Gasteiger partial charge is 0.332 e. The molecule has 1 aromatic carbocycles. The van der Waals surface area contributed by atoms with E-state index in [-0.39, 0.29) is 23.6 Å². The number of amides is 2. The monoisotopic (exact) mass is 548 g/mol. The van der Waals surface area contributed by atoms with Gasteiger partial charge < -0.3 is 30.0 Å². The molecule has 11 heteroatoms. The van der Waals surface area contributed by atoms with Crippen molar-refractivity contribution in [2.45, 2.75) is 97.5 Å². The van der Waals surface area contributed by atoms with Gasteiger partial charge in [0.15, 0.2) is 17.9 Å². The van der Waals surface area contributed by atoms with Gasteiger partial charge in [0, 0.05) is 6.42 Å². The molecule has 1 aromatic rings. The van der Waals surface area contributed by atoms with Gasteiger partial charge in [0.2, 0.25) is 6.41 Å². The number of phenolic OH excluding ortho intramolecular Hbond substituents is 1. The molecule has 1 heterocycles. The van der Waals surface area contributed by atoms with Crippen LogP contribution < -0.4 is 10.6 Å². The summed E-state index contributed by atoms with van der Waals surface area (Å²) in [5, 5.41) is 15.1. The Balaban J connectivity index is 2.33. The number of anilines is 1. The van der Waals surface area contributed by atoms with E-state index < -0.39 is 59.8 Å². The topological polar surface area (TPSA) is 157 Å². The van der Waals surface area contributed by atoms with Crippen molar-refractivity contribution in [1.82, 2.24) is 5.32 Å². The van der Waals surface area contributed by atoms with Crippen LogP contribution in [0.15, 0.2) is 18.2 Å². The van der Waals surface area contributed by atoms with Crippen LogP contribution >= 0.6 is 0 Å². The van der Waals surface area contributed by atoms with Crippen LogP contribution in [0.2, 0.25) is 0 Å². The van der Waals surface area contributed by atoms with Gasteiger partial charge in [0.05, 0.1) is 17.2 Å². The lowest BCUT2D eigenvalue weighted by Gasteiger charge is -2.29. The van der Waals surface area contributed by atoms with E-state index in [9.17, 15) is 29.1 Å². The minimum absolute atomic E-state index is 0.000221. The van der Waals surface area contributed by atoms with Gasteiger partial charge in [0.25, 0.3) is 5.91 Å². The third-order valence-corrected chi connectivity index (χ3v) is 6.48. The summed E-state index contributed by atoms with van der Waals surface area (Å²) in [6, 6.07) is 2.71. The maximum atomic E-state index is 13.4. The van der Waals surface area contributed by atoms with Gasteiger partial charge in [0.1, 0.15) is 12.2 Å².